The number of benzene rings is 2. The molecule has 29 heavy (non-hydrogen) atoms. The van der Waals surface area contributed by atoms with Crippen molar-refractivity contribution in [1.82, 2.24) is 0 Å². The van der Waals surface area contributed by atoms with Crippen molar-refractivity contribution in [2.45, 2.75) is 51.1 Å². The van der Waals surface area contributed by atoms with Gasteiger partial charge >= 0.3 is 0 Å². The van der Waals surface area contributed by atoms with Gasteiger partial charge in [-0.15, -0.1) is 0 Å². The first-order valence-corrected chi connectivity index (χ1v) is 10.3. The average molecular weight is 400 g/mol. The standard InChI is InChI=1S/C25H27F3O/c1-2-3-4-5-6-15-29-23-12-7-9-19(16-23)24-18-22(27)13-14-25(24,28)20-10-8-11-21(26)17-20/h7-13,16-18H,2-6,14-15H2,1H3. The predicted octanol–water partition coefficient (Wildman–Crippen LogP) is 7.68. The van der Waals surface area contributed by atoms with E-state index in [0.29, 0.717) is 17.9 Å². The van der Waals surface area contributed by atoms with Gasteiger partial charge in [0.05, 0.1) is 6.61 Å². The molecule has 2 aromatic carbocycles. The van der Waals surface area contributed by atoms with Crippen LogP contribution in [0.1, 0.15) is 56.6 Å². The summed E-state index contributed by atoms with van der Waals surface area (Å²) in [4.78, 5) is 0. The summed E-state index contributed by atoms with van der Waals surface area (Å²) in [5, 5.41) is 0. The Balaban J connectivity index is 1.80. The SMILES string of the molecule is CCCCCCCOc1cccc(C2=CC(F)=CCC2(F)c2cccc(F)c2)c1. The summed E-state index contributed by atoms with van der Waals surface area (Å²) in [7, 11) is 0. The maximum Gasteiger partial charge on any atom is 0.165 e. The molecule has 0 N–H and O–H groups in total. The zero-order valence-corrected chi connectivity index (χ0v) is 16.8. The number of ether oxygens (including phenoxy) is 1. The molecule has 1 aliphatic rings. The molecular formula is C25H27F3O. The normalized spacial score (nSPS) is 18.9. The van der Waals surface area contributed by atoms with Gasteiger partial charge in [0.1, 0.15) is 17.4 Å². The lowest BCUT2D eigenvalue weighted by atomic mass is 9.78. The van der Waals surface area contributed by atoms with Crippen LogP contribution in [0.4, 0.5) is 13.2 Å². The van der Waals surface area contributed by atoms with Gasteiger partial charge in [0.15, 0.2) is 5.67 Å². The largest absolute Gasteiger partial charge is 0.494 e. The Bertz CT molecular complexity index is 887. The molecule has 0 bridgehead atoms. The summed E-state index contributed by atoms with van der Waals surface area (Å²) in [6, 6.07) is 12.5. The number of alkyl halides is 1. The molecule has 4 heteroatoms. The monoisotopic (exact) mass is 400 g/mol. The van der Waals surface area contributed by atoms with E-state index in [4.69, 9.17) is 4.74 Å². The van der Waals surface area contributed by atoms with Crippen molar-refractivity contribution in [3.05, 3.63) is 83.5 Å². The number of hydrogen-bond acceptors (Lipinski definition) is 1. The number of unbranched alkanes of at least 4 members (excludes halogenated alkanes) is 4. The fourth-order valence-electron chi connectivity index (χ4n) is 3.63. The molecule has 0 fully saturated rings. The minimum Gasteiger partial charge on any atom is -0.494 e. The van der Waals surface area contributed by atoms with Gasteiger partial charge in [-0.25, -0.2) is 13.2 Å². The number of hydrogen-bond donors (Lipinski definition) is 0. The number of allylic oxidation sites excluding steroid dienone is 4. The average Bonchev–Trinajstić information content (AvgIpc) is 2.73. The van der Waals surface area contributed by atoms with Crippen LogP contribution in [0.15, 0.2) is 66.5 Å². The van der Waals surface area contributed by atoms with Gasteiger partial charge in [-0.2, -0.15) is 0 Å². The highest BCUT2D eigenvalue weighted by atomic mass is 19.1. The first-order chi connectivity index (χ1) is 14.0. The zero-order chi connectivity index (χ0) is 20.7. The summed E-state index contributed by atoms with van der Waals surface area (Å²) < 4.78 is 49.6. The second-order valence-corrected chi connectivity index (χ2v) is 7.45. The van der Waals surface area contributed by atoms with Gasteiger partial charge in [0.2, 0.25) is 0 Å². The molecule has 1 nitrogen and oxygen atoms in total. The van der Waals surface area contributed by atoms with E-state index in [2.05, 4.69) is 6.92 Å². The Labute approximate surface area is 170 Å². The topological polar surface area (TPSA) is 9.23 Å². The van der Waals surface area contributed by atoms with Crippen molar-refractivity contribution in [3.8, 4) is 5.75 Å². The molecule has 0 aromatic heterocycles. The fraction of sp³-hybridized carbons (Fsp3) is 0.360. The number of rotatable bonds is 9. The highest BCUT2D eigenvalue weighted by Gasteiger charge is 2.39. The van der Waals surface area contributed by atoms with E-state index < -0.39 is 17.3 Å². The minimum absolute atomic E-state index is 0.176. The van der Waals surface area contributed by atoms with Gasteiger partial charge in [-0.3, -0.25) is 0 Å². The van der Waals surface area contributed by atoms with E-state index in [9.17, 15) is 8.78 Å². The third kappa shape index (κ3) is 5.31. The highest BCUT2D eigenvalue weighted by Crippen LogP contribution is 2.47. The smallest absolute Gasteiger partial charge is 0.165 e. The van der Waals surface area contributed by atoms with Crippen molar-refractivity contribution in [3.63, 3.8) is 0 Å². The minimum atomic E-state index is -2.00. The molecule has 1 atom stereocenters. The molecule has 2 aromatic rings. The van der Waals surface area contributed by atoms with E-state index in [1.165, 1.54) is 55.7 Å². The van der Waals surface area contributed by atoms with Crippen LogP contribution >= 0.6 is 0 Å². The molecule has 0 spiro atoms. The summed E-state index contributed by atoms with van der Waals surface area (Å²) in [6.07, 6.45) is 7.89. The Morgan fingerprint density at radius 3 is 2.55 bits per heavy atom. The Kier molecular flexibility index (Phi) is 7.18. The summed E-state index contributed by atoms with van der Waals surface area (Å²) in [6.45, 7) is 2.76. The van der Waals surface area contributed by atoms with E-state index in [0.717, 1.165) is 12.8 Å². The van der Waals surface area contributed by atoms with Crippen LogP contribution in [0, 0.1) is 5.82 Å². The molecule has 0 saturated heterocycles. The Hall–Kier alpha value is -2.49. The van der Waals surface area contributed by atoms with E-state index >= 15 is 4.39 Å². The Morgan fingerprint density at radius 2 is 1.76 bits per heavy atom. The second-order valence-electron chi connectivity index (χ2n) is 7.45. The quantitative estimate of drug-likeness (QED) is 0.392. The van der Waals surface area contributed by atoms with Crippen molar-refractivity contribution < 1.29 is 17.9 Å². The van der Waals surface area contributed by atoms with Gasteiger partial charge in [0, 0.05) is 12.0 Å². The van der Waals surface area contributed by atoms with Crippen LogP contribution in [0.5, 0.6) is 5.75 Å². The Morgan fingerprint density at radius 1 is 0.966 bits per heavy atom. The van der Waals surface area contributed by atoms with Gasteiger partial charge in [-0.05, 0) is 54.0 Å². The van der Waals surface area contributed by atoms with E-state index in [-0.39, 0.29) is 17.6 Å². The molecule has 1 aliphatic carbocycles. The van der Waals surface area contributed by atoms with Crippen LogP contribution < -0.4 is 4.74 Å². The lowest BCUT2D eigenvalue weighted by molar-refractivity contribution is 0.246. The van der Waals surface area contributed by atoms with Crippen LogP contribution in [0.3, 0.4) is 0 Å². The van der Waals surface area contributed by atoms with Crippen LogP contribution in [0.25, 0.3) is 5.57 Å². The summed E-state index contributed by atoms with van der Waals surface area (Å²) >= 11 is 0. The molecule has 0 radical (unpaired) electrons. The molecular weight excluding hydrogens is 373 g/mol. The van der Waals surface area contributed by atoms with Gasteiger partial charge in [-0.1, -0.05) is 56.9 Å². The predicted molar refractivity (Wildman–Crippen MR) is 112 cm³/mol. The van der Waals surface area contributed by atoms with Crippen LogP contribution in [-0.2, 0) is 5.67 Å². The molecule has 1 unspecified atom stereocenters. The van der Waals surface area contributed by atoms with Crippen molar-refractivity contribution in [2.75, 3.05) is 6.61 Å². The molecule has 0 heterocycles. The number of halogens is 3. The lowest BCUT2D eigenvalue weighted by Gasteiger charge is -2.30. The third-order valence-electron chi connectivity index (χ3n) is 5.23. The first kappa shape index (κ1) is 21.2. The zero-order valence-electron chi connectivity index (χ0n) is 16.8. The maximum atomic E-state index is 16.1. The highest BCUT2D eigenvalue weighted by molar-refractivity contribution is 5.77. The molecule has 154 valence electrons. The van der Waals surface area contributed by atoms with Crippen molar-refractivity contribution >= 4 is 5.57 Å². The molecule has 0 amide bonds. The van der Waals surface area contributed by atoms with Crippen LogP contribution in [0.2, 0.25) is 0 Å². The second kappa shape index (κ2) is 9.82. The van der Waals surface area contributed by atoms with Crippen LogP contribution in [-0.4, -0.2) is 6.61 Å². The summed E-state index contributed by atoms with van der Waals surface area (Å²) in [5.41, 5.74) is -1.12. The maximum absolute atomic E-state index is 16.1. The fourth-order valence-corrected chi connectivity index (χ4v) is 3.63. The summed E-state index contributed by atoms with van der Waals surface area (Å²) in [5.74, 6) is -0.392. The molecule has 0 aliphatic heterocycles. The molecule has 3 rings (SSSR count). The van der Waals surface area contributed by atoms with Gasteiger partial charge in [0.25, 0.3) is 0 Å². The van der Waals surface area contributed by atoms with E-state index in [1.54, 1.807) is 18.2 Å². The molecule has 0 saturated carbocycles. The van der Waals surface area contributed by atoms with Crippen molar-refractivity contribution in [2.24, 2.45) is 0 Å². The third-order valence-corrected chi connectivity index (χ3v) is 5.23. The first-order valence-electron chi connectivity index (χ1n) is 10.3. The van der Waals surface area contributed by atoms with Crippen molar-refractivity contribution in [1.29, 1.82) is 0 Å². The lowest BCUT2D eigenvalue weighted by Crippen LogP contribution is -2.24. The van der Waals surface area contributed by atoms with E-state index in [1.807, 2.05) is 6.07 Å². The van der Waals surface area contributed by atoms with Gasteiger partial charge < -0.3 is 4.74 Å².